The molecule has 4 rings (SSSR count). The predicted molar refractivity (Wildman–Crippen MR) is 111 cm³/mol. The molecule has 1 aliphatic heterocycles. The van der Waals surface area contributed by atoms with Gasteiger partial charge in [0.15, 0.2) is 0 Å². The first-order valence-electron chi connectivity index (χ1n) is 9.61. The molecule has 0 radical (unpaired) electrons. The van der Waals surface area contributed by atoms with Crippen molar-refractivity contribution < 1.29 is 9.13 Å². The molecule has 1 atom stereocenters. The van der Waals surface area contributed by atoms with Crippen LogP contribution in [0, 0.1) is 5.82 Å². The number of anilines is 1. The lowest BCUT2D eigenvalue weighted by molar-refractivity contribution is 0.214. The molecule has 1 aromatic carbocycles. The molecule has 0 spiro atoms. The molecular weight excluding hydrogens is 387 g/mol. The summed E-state index contributed by atoms with van der Waals surface area (Å²) in [5, 5.41) is 0. The summed E-state index contributed by atoms with van der Waals surface area (Å²) in [6.07, 6.45) is 3.05. The number of piperazine rings is 1. The number of ether oxygens (including phenoxy) is 1. The van der Waals surface area contributed by atoms with Gasteiger partial charge in [0.2, 0.25) is 5.95 Å². The molecule has 0 aliphatic carbocycles. The van der Waals surface area contributed by atoms with Gasteiger partial charge in [-0.3, -0.25) is 14.3 Å². The van der Waals surface area contributed by atoms with Crippen molar-refractivity contribution in [2.75, 3.05) is 38.7 Å². The quantitative estimate of drug-likeness (QED) is 0.650. The van der Waals surface area contributed by atoms with Gasteiger partial charge in [0.05, 0.1) is 24.5 Å². The van der Waals surface area contributed by atoms with Gasteiger partial charge in [0.25, 0.3) is 5.56 Å². The van der Waals surface area contributed by atoms with Gasteiger partial charge in [-0.15, -0.1) is 0 Å². The van der Waals surface area contributed by atoms with E-state index in [1.54, 1.807) is 25.4 Å². The summed E-state index contributed by atoms with van der Waals surface area (Å²) in [5.41, 5.74) is 1.83. The lowest BCUT2D eigenvalue weighted by atomic mass is 10.0. The third-order valence-corrected chi connectivity index (χ3v) is 5.44. The highest BCUT2D eigenvalue weighted by atomic mass is 19.1. The first kappa shape index (κ1) is 20.0. The predicted octanol–water partition coefficient (Wildman–Crippen LogP) is 1.88. The second-order valence-corrected chi connectivity index (χ2v) is 7.26. The van der Waals surface area contributed by atoms with Crippen LogP contribution in [0.4, 0.5) is 10.3 Å². The Morgan fingerprint density at radius 2 is 1.97 bits per heavy atom. The fourth-order valence-corrected chi connectivity index (χ4v) is 3.74. The van der Waals surface area contributed by atoms with Gasteiger partial charge in [-0.05, 0) is 19.2 Å². The maximum atomic E-state index is 13.7. The SMILES string of the molecule is COc1cc(F)ccc1[C@@H]1CN(c2nc(-c3ccncn3)cc(=O)n2C)CCN1C. The van der Waals surface area contributed by atoms with Gasteiger partial charge in [-0.25, -0.2) is 19.3 Å². The second-order valence-electron chi connectivity index (χ2n) is 7.26. The lowest BCUT2D eigenvalue weighted by Crippen LogP contribution is -2.48. The Kier molecular flexibility index (Phi) is 5.45. The number of halogens is 1. The highest BCUT2D eigenvalue weighted by Gasteiger charge is 2.30. The first-order chi connectivity index (χ1) is 14.5. The zero-order valence-electron chi connectivity index (χ0n) is 17.1. The zero-order valence-corrected chi connectivity index (χ0v) is 17.1. The van der Waals surface area contributed by atoms with Crippen LogP contribution in [-0.2, 0) is 7.05 Å². The molecule has 1 aliphatic rings. The molecule has 3 heterocycles. The van der Waals surface area contributed by atoms with Crippen LogP contribution < -0.4 is 15.2 Å². The van der Waals surface area contributed by atoms with Crippen LogP contribution in [0.25, 0.3) is 11.4 Å². The number of benzene rings is 1. The topological polar surface area (TPSA) is 76.4 Å². The minimum Gasteiger partial charge on any atom is -0.496 e. The van der Waals surface area contributed by atoms with E-state index in [1.807, 2.05) is 7.05 Å². The standard InChI is InChI=1S/C21H23FN6O2/c1-26-8-9-28(12-18(26)15-5-4-14(22)10-19(15)30-3)21-25-17(11-20(29)27(21)2)16-6-7-23-13-24-16/h4-7,10-11,13,18H,8-9,12H2,1-3H3/t18-/m0/s1. The summed E-state index contributed by atoms with van der Waals surface area (Å²) in [4.78, 5) is 29.7. The van der Waals surface area contributed by atoms with Crippen LogP contribution in [0.3, 0.4) is 0 Å². The first-order valence-corrected chi connectivity index (χ1v) is 9.61. The van der Waals surface area contributed by atoms with Gasteiger partial charge in [-0.1, -0.05) is 6.07 Å². The van der Waals surface area contributed by atoms with Crippen molar-refractivity contribution >= 4 is 5.95 Å². The molecule has 30 heavy (non-hydrogen) atoms. The normalized spacial score (nSPS) is 17.2. The van der Waals surface area contributed by atoms with Gasteiger partial charge in [-0.2, -0.15) is 0 Å². The van der Waals surface area contributed by atoms with E-state index in [-0.39, 0.29) is 17.4 Å². The number of aromatic nitrogens is 4. The zero-order chi connectivity index (χ0) is 21.3. The molecule has 0 bridgehead atoms. The molecule has 8 nitrogen and oxygen atoms in total. The third kappa shape index (κ3) is 3.76. The fraction of sp³-hybridized carbons (Fsp3) is 0.333. The summed E-state index contributed by atoms with van der Waals surface area (Å²) >= 11 is 0. The van der Waals surface area contributed by atoms with Crippen molar-refractivity contribution in [2.45, 2.75) is 6.04 Å². The molecule has 9 heteroatoms. The van der Waals surface area contributed by atoms with Crippen LogP contribution >= 0.6 is 0 Å². The van der Waals surface area contributed by atoms with Crippen LogP contribution in [0.15, 0.2) is 47.7 Å². The van der Waals surface area contributed by atoms with E-state index in [2.05, 4.69) is 19.8 Å². The highest BCUT2D eigenvalue weighted by molar-refractivity contribution is 5.55. The summed E-state index contributed by atoms with van der Waals surface area (Å²) in [7, 11) is 5.27. The molecule has 2 aromatic heterocycles. The van der Waals surface area contributed by atoms with E-state index in [4.69, 9.17) is 9.72 Å². The Morgan fingerprint density at radius 3 is 2.70 bits per heavy atom. The van der Waals surface area contributed by atoms with Crippen molar-refractivity contribution in [3.8, 4) is 17.1 Å². The Hall–Kier alpha value is -3.33. The number of hydrogen-bond donors (Lipinski definition) is 0. The van der Waals surface area contributed by atoms with Crippen molar-refractivity contribution in [3.63, 3.8) is 0 Å². The Labute approximate surface area is 173 Å². The van der Waals surface area contributed by atoms with Gasteiger partial charge < -0.3 is 9.64 Å². The maximum absolute atomic E-state index is 13.7. The summed E-state index contributed by atoms with van der Waals surface area (Å²) < 4.78 is 20.6. The molecule has 0 amide bonds. The molecule has 1 fully saturated rings. The highest BCUT2D eigenvalue weighted by Crippen LogP contribution is 2.33. The number of likely N-dealkylation sites (N-methyl/N-ethyl adjacent to an activating group) is 1. The van der Waals surface area contributed by atoms with Crippen LogP contribution in [0.5, 0.6) is 5.75 Å². The lowest BCUT2D eigenvalue weighted by Gasteiger charge is -2.40. The largest absolute Gasteiger partial charge is 0.496 e. The number of hydrogen-bond acceptors (Lipinski definition) is 7. The van der Waals surface area contributed by atoms with E-state index in [0.29, 0.717) is 36.2 Å². The summed E-state index contributed by atoms with van der Waals surface area (Å²) in [5.74, 6) is 0.730. The van der Waals surface area contributed by atoms with Crippen LogP contribution in [-0.4, -0.2) is 58.2 Å². The maximum Gasteiger partial charge on any atom is 0.255 e. The van der Waals surface area contributed by atoms with Crippen LogP contribution in [0.2, 0.25) is 0 Å². The Morgan fingerprint density at radius 1 is 1.13 bits per heavy atom. The molecule has 1 saturated heterocycles. The number of nitrogens with zero attached hydrogens (tertiary/aromatic N) is 6. The molecule has 0 N–H and O–H groups in total. The van der Waals surface area contributed by atoms with Crippen molar-refractivity contribution in [3.05, 3.63) is 64.6 Å². The van der Waals surface area contributed by atoms with Crippen molar-refractivity contribution in [1.82, 2.24) is 24.4 Å². The average molecular weight is 410 g/mol. The minimum atomic E-state index is -0.340. The minimum absolute atomic E-state index is 0.0473. The molecule has 0 saturated carbocycles. The van der Waals surface area contributed by atoms with Gasteiger partial charge >= 0.3 is 0 Å². The number of methoxy groups -OCH3 is 1. The van der Waals surface area contributed by atoms with E-state index < -0.39 is 0 Å². The van der Waals surface area contributed by atoms with Crippen LogP contribution in [0.1, 0.15) is 11.6 Å². The second kappa shape index (κ2) is 8.19. The summed E-state index contributed by atoms with van der Waals surface area (Å²) in [6, 6.07) is 7.74. The molecule has 156 valence electrons. The van der Waals surface area contributed by atoms with E-state index in [9.17, 15) is 9.18 Å². The van der Waals surface area contributed by atoms with Crippen molar-refractivity contribution in [1.29, 1.82) is 0 Å². The molecule has 3 aromatic rings. The number of rotatable bonds is 4. The van der Waals surface area contributed by atoms with E-state index >= 15 is 0 Å². The monoisotopic (exact) mass is 410 g/mol. The van der Waals surface area contributed by atoms with E-state index in [0.717, 1.165) is 12.1 Å². The summed E-state index contributed by atoms with van der Waals surface area (Å²) in [6.45, 7) is 2.02. The van der Waals surface area contributed by atoms with Gasteiger partial charge in [0.1, 0.15) is 17.9 Å². The van der Waals surface area contributed by atoms with E-state index in [1.165, 1.54) is 36.2 Å². The average Bonchev–Trinajstić information content (AvgIpc) is 2.76. The van der Waals surface area contributed by atoms with Crippen molar-refractivity contribution in [2.24, 2.45) is 7.05 Å². The Balaban J connectivity index is 1.72. The smallest absolute Gasteiger partial charge is 0.255 e. The fourth-order valence-electron chi connectivity index (χ4n) is 3.74. The molecular formula is C21H23FN6O2. The van der Waals surface area contributed by atoms with Gasteiger partial charge in [0, 0.05) is 50.6 Å². The Bertz CT molecular complexity index is 1100. The molecule has 0 unspecified atom stereocenters. The third-order valence-electron chi connectivity index (χ3n) is 5.44.